The summed E-state index contributed by atoms with van der Waals surface area (Å²) >= 11 is 0. The molecule has 2 amide bonds. The highest BCUT2D eigenvalue weighted by molar-refractivity contribution is 7.89. The second-order valence-electron chi connectivity index (χ2n) is 8.12. The number of likely N-dealkylation sites (tertiary alicyclic amines) is 1. The molecule has 0 bridgehead atoms. The molecule has 158 valence electrons. The van der Waals surface area contributed by atoms with E-state index in [1.54, 1.807) is 0 Å². The van der Waals surface area contributed by atoms with Crippen LogP contribution in [0, 0.1) is 16.7 Å². The van der Waals surface area contributed by atoms with Gasteiger partial charge in [0.2, 0.25) is 15.9 Å². The zero-order valence-corrected chi connectivity index (χ0v) is 17.9. The third-order valence-corrected chi connectivity index (χ3v) is 6.19. The van der Waals surface area contributed by atoms with Crippen molar-refractivity contribution in [3.05, 3.63) is 29.8 Å². The molecule has 2 N–H and O–H groups in total. The van der Waals surface area contributed by atoms with Gasteiger partial charge in [-0.2, -0.15) is 5.26 Å². The van der Waals surface area contributed by atoms with E-state index >= 15 is 0 Å². The SMILES string of the molecule is CC(C)(C)C(=O)N1CCC(NC(=O)c2ccc(S(=O)(=O)NCCC#N)cc2)CC1. The van der Waals surface area contributed by atoms with E-state index < -0.39 is 15.4 Å². The first-order valence-corrected chi connectivity index (χ1v) is 11.1. The van der Waals surface area contributed by atoms with Crippen molar-refractivity contribution in [1.82, 2.24) is 14.9 Å². The number of benzene rings is 1. The Morgan fingerprint density at radius 2 is 1.76 bits per heavy atom. The first-order valence-electron chi connectivity index (χ1n) is 9.61. The molecule has 29 heavy (non-hydrogen) atoms. The Morgan fingerprint density at radius 1 is 1.17 bits per heavy atom. The number of hydrogen-bond acceptors (Lipinski definition) is 5. The van der Waals surface area contributed by atoms with Crippen LogP contribution >= 0.6 is 0 Å². The number of rotatable bonds is 6. The number of sulfonamides is 1. The molecule has 1 aromatic carbocycles. The molecule has 0 aromatic heterocycles. The summed E-state index contributed by atoms with van der Waals surface area (Å²) in [5.41, 5.74) is -0.0454. The van der Waals surface area contributed by atoms with Crippen LogP contribution in [0.4, 0.5) is 0 Å². The van der Waals surface area contributed by atoms with E-state index in [1.807, 2.05) is 31.7 Å². The van der Waals surface area contributed by atoms with Gasteiger partial charge in [-0.3, -0.25) is 9.59 Å². The molecule has 1 aliphatic heterocycles. The van der Waals surface area contributed by atoms with E-state index in [9.17, 15) is 18.0 Å². The second-order valence-corrected chi connectivity index (χ2v) is 9.89. The van der Waals surface area contributed by atoms with Crippen LogP contribution in [0.3, 0.4) is 0 Å². The molecule has 8 nitrogen and oxygen atoms in total. The fourth-order valence-electron chi connectivity index (χ4n) is 3.08. The fourth-order valence-corrected chi connectivity index (χ4v) is 4.11. The molecular weight excluding hydrogens is 392 g/mol. The highest BCUT2D eigenvalue weighted by Crippen LogP contribution is 2.21. The minimum Gasteiger partial charge on any atom is -0.349 e. The summed E-state index contributed by atoms with van der Waals surface area (Å²) in [6.45, 7) is 6.93. The highest BCUT2D eigenvalue weighted by atomic mass is 32.2. The lowest BCUT2D eigenvalue weighted by Crippen LogP contribution is -2.49. The van der Waals surface area contributed by atoms with Gasteiger partial charge >= 0.3 is 0 Å². The molecule has 0 saturated carbocycles. The van der Waals surface area contributed by atoms with Crippen LogP contribution in [0.25, 0.3) is 0 Å². The Hall–Kier alpha value is -2.44. The number of carbonyl (C=O) groups excluding carboxylic acids is 2. The van der Waals surface area contributed by atoms with Crippen LogP contribution in [-0.4, -0.2) is 50.8 Å². The average Bonchev–Trinajstić information content (AvgIpc) is 2.67. The molecule has 9 heteroatoms. The predicted molar refractivity (Wildman–Crippen MR) is 108 cm³/mol. The van der Waals surface area contributed by atoms with Gasteiger partial charge in [0.05, 0.1) is 11.0 Å². The van der Waals surface area contributed by atoms with Crippen LogP contribution in [0.1, 0.15) is 50.4 Å². The summed E-state index contributed by atoms with van der Waals surface area (Å²) in [4.78, 5) is 26.7. The minimum absolute atomic E-state index is 0.0254. The number of nitrogens with one attached hydrogen (secondary N) is 2. The van der Waals surface area contributed by atoms with Gasteiger partial charge in [-0.05, 0) is 37.1 Å². The Bertz CT molecular complexity index is 875. The summed E-state index contributed by atoms with van der Waals surface area (Å²) in [6, 6.07) is 7.51. The van der Waals surface area contributed by atoms with Gasteiger partial charge in [-0.25, -0.2) is 13.1 Å². The lowest BCUT2D eigenvalue weighted by molar-refractivity contribution is -0.140. The van der Waals surface area contributed by atoms with Crippen molar-refractivity contribution < 1.29 is 18.0 Å². The Morgan fingerprint density at radius 3 is 2.28 bits per heavy atom. The zero-order valence-electron chi connectivity index (χ0n) is 17.1. The van der Waals surface area contributed by atoms with E-state index in [4.69, 9.17) is 5.26 Å². The van der Waals surface area contributed by atoms with Crippen molar-refractivity contribution >= 4 is 21.8 Å². The standard InChI is InChI=1S/C20H28N4O4S/c1-20(2,3)19(26)24-13-9-16(10-14-24)23-18(25)15-5-7-17(8-6-15)29(27,28)22-12-4-11-21/h5-8,16,22H,4,9-10,12-14H2,1-3H3,(H,23,25). The molecule has 0 radical (unpaired) electrons. The molecule has 0 atom stereocenters. The van der Waals surface area contributed by atoms with Crippen molar-refractivity contribution in [1.29, 1.82) is 5.26 Å². The lowest BCUT2D eigenvalue weighted by atomic mass is 9.93. The molecule has 0 aliphatic carbocycles. The van der Waals surface area contributed by atoms with Crippen molar-refractivity contribution in [3.63, 3.8) is 0 Å². The average molecular weight is 421 g/mol. The number of nitriles is 1. The number of hydrogen-bond donors (Lipinski definition) is 2. The number of amides is 2. The predicted octanol–water partition coefficient (Wildman–Crippen LogP) is 1.65. The van der Waals surface area contributed by atoms with Crippen LogP contribution < -0.4 is 10.0 Å². The first kappa shape index (κ1) is 22.8. The van der Waals surface area contributed by atoms with Crippen molar-refractivity contribution in [2.45, 2.75) is 51.0 Å². The van der Waals surface area contributed by atoms with E-state index in [0.29, 0.717) is 31.5 Å². The van der Waals surface area contributed by atoms with Crippen molar-refractivity contribution in [2.24, 2.45) is 5.41 Å². The van der Waals surface area contributed by atoms with Crippen LogP contribution in [0.2, 0.25) is 0 Å². The van der Waals surface area contributed by atoms with E-state index in [2.05, 4.69) is 10.0 Å². The van der Waals surface area contributed by atoms with Gasteiger partial charge in [-0.15, -0.1) is 0 Å². The molecule has 2 rings (SSSR count). The lowest BCUT2D eigenvalue weighted by Gasteiger charge is -2.36. The van der Waals surface area contributed by atoms with Gasteiger partial charge in [0.1, 0.15) is 0 Å². The van der Waals surface area contributed by atoms with Crippen LogP contribution in [0.5, 0.6) is 0 Å². The molecule has 0 spiro atoms. The third-order valence-electron chi connectivity index (χ3n) is 4.71. The molecule has 1 saturated heterocycles. The molecule has 1 heterocycles. The molecular formula is C20H28N4O4S. The van der Waals surface area contributed by atoms with Gasteiger partial charge < -0.3 is 10.2 Å². The maximum Gasteiger partial charge on any atom is 0.251 e. The van der Waals surface area contributed by atoms with Gasteiger partial charge in [0.15, 0.2) is 0 Å². The van der Waals surface area contributed by atoms with Crippen LogP contribution in [-0.2, 0) is 14.8 Å². The van der Waals surface area contributed by atoms with Crippen LogP contribution in [0.15, 0.2) is 29.2 Å². The summed E-state index contributed by atoms with van der Waals surface area (Å²) in [6.07, 6.45) is 1.45. The third kappa shape index (κ3) is 6.27. The summed E-state index contributed by atoms with van der Waals surface area (Å²) in [5.74, 6) is -0.158. The smallest absolute Gasteiger partial charge is 0.251 e. The van der Waals surface area contributed by atoms with E-state index in [-0.39, 0.29) is 35.7 Å². The maximum absolute atomic E-state index is 12.5. The molecule has 1 fully saturated rings. The van der Waals surface area contributed by atoms with Gasteiger partial charge in [0, 0.05) is 43.1 Å². The zero-order chi connectivity index (χ0) is 21.7. The molecule has 1 aliphatic rings. The van der Waals surface area contributed by atoms with Crippen molar-refractivity contribution in [3.8, 4) is 6.07 Å². The Kier molecular flexibility index (Phi) is 7.38. The second kappa shape index (κ2) is 9.37. The number of piperidine rings is 1. The fraction of sp³-hybridized carbons (Fsp3) is 0.550. The van der Waals surface area contributed by atoms with E-state index in [1.165, 1.54) is 24.3 Å². The molecule has 0 unspecified atom stereocenters. The Balaban J connectivity index is 1.91. The number of nitrogens with zero attached hydrogens (tertiary/aromatic N) is 2. The largest absolute Gasteiger partial charge is 0.349 e. The molecule has 1 aromatic rings. The summed E-state index contributed by atoms with van der Waals surface area (Å²) in [7, 11) is -3.70. The summed E-state index contributed by atoms with van der Waals surface area (Å²) in [5, 5.41) is 11.4. The normalized spacial score (nSPS) is 15.6. The Labute approximate surface area is 172 Å². The van der Waals surface area contributed by atoms with Crippen molar-refractivity contribution in [2.75, 3.05) is 19.6 Å². The maximum atomic E-state index is 12.5. The summed E-state index contributed by atoms with van der Waals surface area (Å²) < 4.78 is 26.5. The first-order chi connectivity index (χ1) is 13.5. The van der Waals surface area contributed by atoms with Gasteiger partial charge in [0.25, 0.3) is 5.91 Å². The quantitative estimate of drug-likeness (QED) is 0.678. The monoisotopic (exact) mass is 420 g/mol. The minimum atomic E-state index is -3.70. The number of carbonyl (C=O) groups is 2. The topological polar surface area (TPSA) is 119 Å². The highest BCUT2D eigenvalue weighted by Gasteiger charge is 2.30. The van der Waals surface area contributed by atoms with E-state index in [0.717, 1.165) is 0 Å². The van der Waals surface area contributed by atoms with Gasteiger partial charge in [-0.1, -0.05) is 20.8 Å².